The number of nitrogens with one attached hydrogen (secondary N) is 1. The van der Waals surface area contributed by atoms with Crippen LogP contribution in [0, 0.1) is 5.82 Å². The van der Waals surface area contributed by atoms with Gasteiger partial charge in [0.05, 0.1) is 0 Å². The highest BCUT2D eigenvalue weighted by Crippen LogP contribution is 2.19. The minimum absolute atomic E-state index is 0.102. The van der Waals surface area contributed by atoms with E-state index in [1.807, 2.05) is 0 Å². The number of anilines is 1. The van der Waals surface area contributed by atoms with Gasteiger partial charge in [-0.15, -0.1) is 0 Å². The summed E-state index contributed by atoms with van der Waals surface area (Å²) in [6.07, 6.45) is 1.69. The number of hydrogen-bond acceptors (Lipinski definition) is 2. The lowest BCUT2D eigenvalue weighted by Crippen LogP contribution is -2.14. The van der Waals surface area contributed by atoms with Crippen LogP contribution in [0.3, 0.4) is 0 Å². The molecule has 0 aliphatic heterocycles. The SMILES string of the molecule is O=C(Nc1cccc(F)c1)c1c(Cl)nc2ccccn12. The second-order valence-corrected chi connectivity index (χ2v) is 4.50. The highest BCUT2D eigenvalue weighted by molar-refractivity contribution is 6.33. The molecule has 0 aliphatic rings. The van der Waals surface area contributed by atoms with E-state index < -0.39 is 11.7 Å². The minimum Gasteiger partial charge on any atom is -0.321 e. The normalized spacial score (nSPS) is 10.7. The van der Waals surface area contributed by atoms with Crippen LogP contribution < -0.4 is 5.32 Å². The molecule has 1 aromatic carbocycles. The van der Waals surface area contributed by atoms with Crippen molar-refractivity contribution in [2.45, 2.75) is 0 Å². The number of nitrogens with zero attached hydrogens (tertiary/aromatic N) is 2. The highest BCUT2D eigenvalue weighted by Gasteiger charge is 2.17. The predicted octanol–water partition coefficient (Wildman–Crippen LogP) is 3.38. The first-order chi connectivity index (χ1) is 9.65. The minimum atomic E-state index is -0.445. The first-order valence-corrected chi connectivity index (χ1v) is 6.22. The number of rotatable bonds is 2. The summed E-state index contributed by atoms with van der Waals surface area (Å²) in [5.41, 5.74) is 1.14. The second-order valence-electron chi connectivity index (χ2n) is 4.14. The van der Waals surface area contributed by atoms with Gasteiger partial charge in [-0.05, 0) is 30.3 Å². The molecule has 3 rings (SSSR count). The Bertz CT molecular complexity index is 800. The van der Waals surface area contributed by atoms with Crippen molar-refractivity contribution in [1.82, 2.24) is 9.38 Å². The van der Waals surface area contributed by atoms with E-state index >= 15 is 0 Å². The summed E-state index contributed by atoms with van der Waals surface area (Å²) in [7, 11) is 0. The topological polar surface area (TPSA) is 46.4 Å². The van der Waals surface area contributed by atoms with E-state index in [4.69, 9.17) is 11.6 Å². The van der Waals surface area contributed by atoms with Gasteiger partial charge in [-0.25, -0.2) is 9.37 Å². The van der Waals surface area contributed by atoms with Crippen molar-refractivity contribution in [3.63, 3.8) is 0 Å². The standard InChI is InChI=1S/C14H9ClFN3O/c15-13-12(19-7-2-1-6-11(19)18-13)14(20)17-10-5-3-4-9(16)8-10/h1-8H,(H,17,20). The Kier molecular flexibility index (Phi) is 3.12. The van der Waals surface area contributed by atoms with Crippen molar-refractivity contribution in [3.8, 4) is 0 Å². The van der Waals surface area contributed by atoms with E-state index in [1.165, 1.54) is 18.2 Å². The molecule has 4 nitrogen and oxygen atoms in total. The molecule has 100 valence electrons. The van der Waals surface area contributed by atoms with Gasteiger partial charge in [0.15, 0.2) is 10.8 Å². The Balaban J connectivity index is 1.99. The Morgan fingerprint density at radius 1 is 1.25 bits per heavy atom. The third-order valence-electron chi connectivity index (χ3n) is 2.78. The Morgan fingerprint density at radius 2 is 2.10 bits per heavy atom. The Morgan fingerprint density at radius 3 is 2.90 bits per heavy atom. The fourth-order valence-electron chi connectivity index (χ4n) is 1.93. The molecule has 0 bridgehead atoms. The summed E-state index contributed by atoms with van der Waals surface area (Å²) in [5, 5.41) is 2.70. The fourth-order valence-corrected chi connectivity index (χ4v) is 2.19. The van der Waals surface area contributed by atoms with Crippen LogP contribution in [0.2, 0.25) is 5.15 Å². The number of halogens is 2. The zero-order valence-electron chi connectivity index (χ0n) is 10.2. The molecule has 0 atom stereocenters. The number of amides is 1. The quantitative estimate of drug-likeness (QED) is 0.786. The van der Waals surface area contributed by atoms with Gasteiger partial charge in [0, 0.05) is 11.9 Å². The molecule has 20 heavy (non-hydrogen) atoms. The summed E-state index contributed by atoms with van der Waals surface area (Å²) in [5.74, 6) is -0.869. The van der Waals surface area contributed by atoms with Crippen molar-refractivity contribution < 1.29 is 9.18 Å². The molecule has 0 spiro atoms. The van der Waals surface area contributed by atoms with Gasteiger partial charge < -0.3 is 5.32 Å². The molecule has 0 unspecified atom stereocenters. The second kappa shape index (κ2) is 4.94. The predicted molar refractivity (Wildman–Crippen MR) is 74.6 cm³/mol. The van der Waals surface area contributed by atoms with Gasteiger partial charge in [-0.3, -0.25) is 9.20 Å². The van der Waals surface area contributed by atoms with Gasteiger partial charge in [-0.2, -0.15) is 0 Å². The smallest absolute Gasteiger partial charge is 0.275 e. The molecule has 0 radical (unpaired) electrons. The van der Waals surface area contributed by atoms with Gasteiger partial charge in [-0.1, -0.05) is 23.7 Å². The van der Waals surface area contributed by atoms with Crippen molar-refractivity contribution in [3.05, 3.63) is 65.3 Å². The number of imidazole rings is 1. The molecule has 0 saturated carbocycles. The van der Waals surface area contributed by atoms with E-state index in [2.05, 4.69) is 10.3 Å². The number of pyridine rings is 1. The molecular weight excluding hydrogens is 281 g/mol. The summed E-state index contributed by atoms with van der Waals surface area (Å²) >= 11 is 5.99. The van der Waals surface area contributed by atoms with Gasteiger partial charge in [0.25, 0.3) is 5.91 Å². The average molecular weight is 290 g/mol. The number of aromatic nitrogens is 2. The van der Waals surface area contributed by atoms with Crippen molar-refractivity contribution in [2.75, 3.05) is 5.32 Å². The molecule has 2 heterocycles. The van der Waals surface area contributed by atoms with Crippen molar-refractivity contribution in [2.24, 2.45) is 0 Å². The highest BCUT2D eigenvalue weighted by atomic mass is 35.5. The summed E-state index contributed by atoms with van der Waals surface area (Å²) in [6, 6.07) is 11.0. The summed E-state index contributed by atoms with van der Waals surface area (Å²) < 4.78 is 14.7. The van der Waals surface area contributed by atoms with Gasteiger partial charge >= 0.3 is 0 Å². The van der Waals surface area contributed by atoms with E-state index in [0.29, 0.717) is 11.3 Å². The summed E-state index contributed by atoms with van der Waals surface area (Å²) in [6.45, 7) is 0. The lowest BCUT2D eigenvalue weighted by molar-refractivity contribution is 0.102. The van der Waals surface area contributed by atoms with E-state index in [-0.39, 0.29) is 10.8 Å². The molecule has 6 heteroatoms. The maximum absolute atomic E-state index is 13.1. The lowest BCUT2D eigenvalue weighted by Gasteiger charge is -2.05. The molecule has 0 fully saturated rings. The van der Waals surface area contributed by atoms with E-state index in [9.17, 15) is 9.18 Å². The monoisotopic (exact) mass is 289 g/mol. The number of carbonyl (C=O) groups excluding carboxylic acids is 1. The van der Waals surface area contributed by atoms with Crippen molar-refractivity contribution >= 4 is 28.8 Å². The van der Waals surface area contributed by atoms with E-state index in [1.54, 1.807) is 34.9 Å². The average Bonchev–Trinajstić information content (AvgIpc) is 2.74. The van der Waals surface area contributed by atoms with Crippen molar-refractivity contribution in [1.29, 1.82) is 0 Å². The zero-order valence-corrected chi connectivity index (χ0v) is 10.9. The van der Waals surface area contributed by atoms with E-state index in [0.717, 1.165) is 0 Å². The number of fused-ring (bicyclic) bond motifs is 1. The summed E-state index contributed by atoms with van der Waals surface area (Å²) in [4.78, 5) is 16.3. The van der Waals surface area contributed by atoms with Crippen LogP contribution in [0.25, 0.3) is 5.65 Å². The molecule has 0 aliphatic carbocycles. The number of benzene rings is 1. The van der Waals surface area contributed by atoms with Crippen LogP contribution >= 0.6 is 11.6 Å². The maximum Gasteiger partial charge on any atom is 0.275 e. The largest absolute Gasteiger partial charge is 0.321 e. The number of carbonyl (C=O) groups is 1. The third kappa shape index (κ3) is 2.23. The van der Waals surface area contributed by atoms with Crippen LogP contribution in [0.4, 0.5) is 10.1 Å². The van der Waals surface area contributed by atoms with Crippen LogP contribution in [-0.2, 0) is 0 Å². The van der Waals surface area contributed by atoms with Crippen LogP contribution in [0.1, 0.15) is 10.5 Å². The van der Waals surface area contributed by atoms with Crippen LogP contribution in [0.5, 0.6) is 0 Å². The van der Waals surface area contributed by atoms with Crippen LogP contribution in [-0.4, -0.2) is 15.3 Å². The first-order valence-electron chi connectivity index (χ1n) is 5.84. The first kappa shape index (κ1) is 12.6. The van der Waals surface area contributed by atoms with Crippen LogP contribution in [0.15, 0.2) is 48.7 Å². The molecule has 0 saturated heterocycles. The fraction of sp³-hybridized carbons (Fsp3) is 0. The molecule has 1 amide bonds. The molecule has 2 aromatic heterocycles. The van der Waals surface area contributed by atoms with Gasteiger partial charge in [0.1, 0.15) is 11.5 Å². The Hall–Kier alpha value is -2.40. The lowest BCUT2D eigenvalue weighted by atomic mass is 10.3. The molecular formula is C14H9ClFN3O. The molecule has 3 aromatic rings. The zero-order chi connectivity index (χ0) is 14.1. The molecule has 1 N–H and O–H groups in total. The Labute approximate surface area is 118 Å². The van der Waals surface area contributed by atoms with Gasteiger partial charge in [0.2, 0.25) is 0 Å². The number of hydrogen-bond donors (Lipinski definition) is 1. The maximum atomic E-state index is 13.1. The third-order valence-corrected chi connectivity index (χ3v) is 3.05.